The fourth-order valence-corrected chi connectivity index (χ4v) is 3.68. The Kier molecular flexibility index (Phi) is 4.56. The van der Waals surface area contributed by atoms with Gasteiger partial charge in [-0.05, 0) is 62.1 Å². The van der Waals surface area contributed by atoms with E-state index in [0.29, 0.717) is 17.7 Å². The minimum absolute atomic E-state index is 0.312. The van der Waals surface area contributed by atoms with Gasteiger partial charge in [0.1, 0.15) is 11.5 Å². The van der Waals surface area contributed by atoms with Gasteiger partial charge in [-0.1, -0.05) is 12.1 Å². The first kappa shape index (κ1) is 17.6. The van der Waals surface area contributed by atoms with E-state index >= 15 is 0 Å². The van der Waals surface area contributed by atoms with Gasteiger partial charge in [0.05, 0.1) is 25.1 Å². The van der Waals surface area contributed by atoms with E-state index in [0.717, 1.165) is 41.2 Å². The maximum absolute atomic E-state index is 6.12. The highest BCUT2D eigenvalue weighted by molar-refractivity contribution is 5.63. The Morgan fingerprint density at radius 1 is 0.931 bits per heavy atom. The van der Waals surface area contributed by atoms with Crippen LogP contribution in [0.2, 0.25) is 0 Å². The number of fused-ring (bicyclic) bond motifs is 1. The average Bonchev–Trinajstić information content (AvgIpc) is 3.43. The van der Waals surface area contributed by atoms with Crippen LogP contribution >= 0.6 is 0 Å². The summed E-state index contributed by atoms with van der Waals surface area (Å²) in [5.74, 6) is 2.75. The van der Waals surface area contributed by atoms with Crippen molar-refractivity contribution in [1.82, 2.24) is 24.8 Å². The first-order valence-corrected chi connectivity index (χ1v) is 9.80. The molecule has 0 spiro atoms. The molecule has 0 radical (unpaired) electrons. The molecule has 0 atom stereocenters. The molecule has 7 nitrogen and oxygen atoms in total. The van der Waals surface area contributed by atoms with E-state index in [2.05, 4.69) is 20.3 Å². The molecule has 2 heterocycles. The molecule has 29 heavy (non-hydrogen) atoms. The molecule has 1 aliphatic carbocycles. The van der Waals surface area contributed by atoms with Gasteiger partial charge in [0.25, 0.3) is 5.78 Å². The lowest BCUT2D eigenvalue weighted by Gasteiger charge is -2.13. The van der Waals surface area contributed by atoms with Crippen molar-refractivity contribution < 1.29 is 9.47 Å². The smallest absolute Gasteiger partial charge is 0.272 e. The van der Waals surface area contributed by atoms with E-state index < -0.39 is 0 Å². The summed E-state index contributed by atoms with van der Waals surface area (Å²) in [4.78, 5) is 4.61. The van der Waals surface area contributed by atoms with E-state index in [1.165, 1.54) is 12.8 Å². The lowest BCUT2D eigenvalue weighted by Crippen LogP contribution is -2.10. The molecule has 2 aromatic carbocycles. The Hall–Kier alpha value is -3.48. The van der Waals surface area contributed by atoms with E-state index in [9.17, 15) is 0 Å². The maximum Gasteiger partial charge on any atom is 0.272 e. The van der Waals surface area contributed by atoms with Gasteiger partial charge in [0.2, 0.25) is 0 Å². The molecular formula is C22H21N5O2. The van der Waals surface area contributed by atoms with E-state index in [-0.39, 0.29) is 0 Å². The predicted octanol–water partition coefficient (Wildman–Crippen LogP) is 4.18. The molecule has 1 aliphatic rings. The summed E-state index contributed by atoms with van der Waals surface area (Å²) in [5.41, 5.74) is 2.58. The molecule has 0 aliphatic heterocycles. The molecule has 0 amide bonds. The van der Waals surface area contributed by atoms with Crippen LogP contribution in [-0.2, 0) is 0 Å². The zero-order valence-corrected chi connectivity index (χ0v) is 16.2. The van der Waals surface area contributed by atoms with Gasteiger partial charge in [-0.25, -0.2) is 4.98 Å². The molecule has 2 aromatic heterocycles. The van der Waals surface area contributed by atoms with Gasteiger partial charge in [-0.15, -0.1) is 10.2 Å². The van der Waals surface area contributed by atoms with Crippen LogP contribution in [-0.4, -0.2) is 38.0 Å². The van der Waals surface area contributed by atoms with Crippen molar-refractivity contribution in [2.24, 2.45) is 0 Å². The lowest BCUT2D eigenvalue weighted by atomic mass is 10.1. The quantitative estimate of drug-likeness (QED) is 0.511. The van der Waals surface area contributed by atoms with Crippen molar-refractivity contribution in [3.05, 3.63) is 54.7 Å². The third kappa shape index (κ3) is 3.51. The first-order valence-electron chi connectivity index (χ1n) is 9.80. The first-order chi connectivity index (χ1) is 14.3. The number of ether oxygens (including phenoxy) is 2. The zero-order valence-electron chi connectivity index (χ0n) is 16.2. The molecule has 1 fully saturated rings. The molecule has 0 bridgehead atoms. The summed E-state index contributed by atoms with van der Waals surface area (Å²) in [6, 6.07) is 15.6. The Morgan fingerprint density at radius 2 is 1.76 bits per heavy atom. The standard InChI is InChI=1S/C22H21N5O2/c1-28-17-11-9-15(10-12-17)20-14-23-27-21(25-26-22(27)24-20)16-5-4-8-19(13-16)29-18-6-2-3-7-18/h4-5,8-14,18H,2-3,6-7H2,1H3. The Bertz CT molecular complexity index is 1130. The molecule has 7 heteroatoms. The Labute approximate surface area is 168 Å². The van der Waals surface area contributed by atoms with Crippen molar-refractivity contribution in [1.29, 1.82) is 0 Å². The molecule has 1 saturated carbocycles. The molecule has 4 aromatic rings. The number of rotatable bonds is 5. The van der Waals surface area contributed by atoms with Gasteiger partial charge in [-0.3, -0.25) is 0 Å². The monoisotopic (exact) mass is 387 g/mol. The fraction of sp³-hybridized carbons (Fsp3) is 0.273. The summed E-state index contributed by atoms with van der Waals surface area (Å²) in [5, 5.41) is 13.1. The Morgan fingerprint density at radius 3 is 2.55 bits per heavy atom. The second-order valence-electron chi connectivity index (χ2n) is 7.16. The van der Waals surface area contributed by atoms with Crippen LogP contribution in [0.3, 0.4) is 0 Å². The SMILES string of the molecule is COc1ccc(-c2cnn3c(-c4cccc(OC5CCCC5)c4)nnc3n2)cc1. The van der Waals surface area contributed by atoms with Crippen LogP contribution in [0.15, 0.2) is 54.7 Å². The van der Waals surface area contributed by atoms with Crippen molar-refractivity contribution in [2.75, 3.05) is 7.11 Å². The topological polar surface area (TPSA) is 74.4 Å². The van der Waals surface area contributed by atoms with E-state index in [1.807, 2.05) is 48.5 Å². The fourth-order valence-electron chi connectivity index (χ4n) is 3.68. The minimum atomic E-state index is 0.312. The van der Waals surface area contributed by atoms with Crippen LogP contribution in [0.4, 0.5) is 0 Å². The summed E-state index contributed by atoms with van der Waals surface area (Å²) in [6.07, 6.45) is 6.76. The van der Waals surface area contributed by atoms with Crippen molar-refractivity contribution in [3.63, 3.8) is 0 Å². The number of hydrogen-bond acceptors (Lipinski definition) is 6. The van der Waals surface area contributed by atoms with Crippen molar-refractivity contribution in [2.45, 2.75) is 31.8 Å². The summed E-state index contributed by atoms with van der Waals surface area (Å²) in [6.45, 7) is 0. The second kappa shape index (κ2) is 7.50. The normalized spacial score (nSPS) is 14.4. The largest absolute Gasteiger partial charge is 0.497 e. The highest BCUT2D eigenvalue weighted by atomic mass is 16.5. The summed E-state index contributed by atoms with van der Waals surface area (Å²) >= 11 is 0. The van der Waals surface area contributed by atoms with Crippen LogP contribution in [0, 0.1) is 0 Å². The highest BCUT2D eigenvalue weighted by Crippen LogP contribution is 2.28. The molecule has 0 saturated heterocycles. The lowest BCUT2D eigenvalue weighted by molar-refractivity contribution is 0.210. The number of benzene rings is 2. The number of hydrogen-bond donors (Lipinski definition) is 0. The zero-order chi connectivity index (χ0) is 19.6. The maximum atomic E-state index is 6.12. The second-order valence-corrected chi connectivity index (χ2v) is 7.16. The molecular weight excluding hydrogens is 366 g/mol. The van der Waals surface area contributed by atoms with Crippen molar-refractivity contribution in [3.8, 4) is 34.1 Å². The number of nitrogens with zero attached hydrogens (tertiary/aromatic N) is 5. The third-order valence-electron chi connectivity index (χ3n) is 5.22. The molecule has 0 unspecified atom stereocenters. The van der Waals surface area contributed by atoms with Gasteiger partial charge in [-0.2, -0.15) is 9.61 Å². The van der Waals surface area contributed by atoms with Crippen LogP contribution < -0.4 is 9.47 Å². The number of methoxy groups -OCH3 is 1. The third-order valence-corrected chi connectivity index (χ3v) is 5.22. The predicted molar refractivity (Wildman–Crippen MR) is 109 cm³/mol. The van der Waals surface area contributed by atoms with Crippen LogP contribution in [0.1, 0.15) is 25.7 Å². The van der Waals surface area contributed by atoms with Gasteiger partial charge in [0.15, 0.2) is 5.82 Å². The minimum Gasteiger partial charge on any atom is -0.497 e. The number of aromatic nitrogens is 5. The Balaban J connectivity index is 1.45. The summed E-state index contributed by atoms with van der Waals surface area (Å²) < 4.78 is 13.0. The van der Waals surface area contributed by atoms with Crippen molar-refractivity contribution >= 4 is 5.78 Å². The average molecular weight is 387 g/mol. The molecule has 0 N–H and O–H groups in total. The molecule has 5 rings (SSSR count). The van der Waals surface area contributed by atoms with Gasteiger partial charge < -0.3 is 9.47 Å². The van der Waals surface area contributed by atoms with Gasteiger partial charge in [0, 0.05) is 11.1 Å². The summed E-state index contributed by atoms with van der Waals surface area (Å²) in [7, 11) is 1.65. The van der Waals surface area contributed by atoms with Gasteiger partial charge >= 0.3 is 0 Å². The van der Waals surface area contributed by atoms with E-state index in [1.54, 1.807) is 17.8 Å². The van der Waals surface area contributed by atoms with Crippen LogP contribution in [0.25, 0.3) is 28.4 Å². The van der Waals surface area contributed by atoms with E-state index in [4.69, 9.17) is 9.47 Å². The highest BCUT2D eigenvalue weighted by Gasteiger charge is 2.17. The van der Waals surface area contributed by atoms with Crippen LogP contribution in [0.5, 0.6) is 11.5 Å². The molecule has 146 valence electrons.